The Morgan fingerprint density at radius 1 is 1.35 bits per heavy atom. The molecule has 0 aromatic carbocycles. The summed E-state index contributed by atoms with van der Waals surface area (Å²) in [4.78, 5) is 9.03. The second-order valence-corrected chi connectivity index (χ2v) is 5.98. The summed E-state index contributed by atoms with van der Waals surface area (Å²) in [5.74, 6) is 0.903. The third-order valence-corrected chi connectivity index (χ3v) is 3.95. The average Bonchev–Trinajstić information content (AvgIpc) is 2.93. The van der Waals surface area contributed by atoms with Crippen LogP contribution >= 0.6 is 11.3 Å². The van der Waals surface area contributed by atoms with Crippen LogP contribution in [0, 0.1) is 13.8 Å². The van der Waals surface area contributed by atoms with E-state index in [2.05, 4.69) is 38.4 Å². The molecule has 0 saturated heterocycles. The summed E-state index contributed by atoms with van der Waals surface area (Å²) in [7, 11) is 1.71. The van der Waals surface area contributed by atoms with Gasteiger partial charge in [-0.2, -0.15) is 0 Å². The van der Waals surface area contributed by atoms with Gasteiger partial charge in [-0.05, 0) is 20.8 Å². The molecule has 5 nitrogen and oxygen atoms in total. The number of ether oxygens (including phenoxy) is 1. The lowest BCUT2D eigenvalue weighted by atomic mass is 10.4. The molecule has 0 fully saturated rings. The molecule has 0 aliphatic rings. The number of nitrogens with one attached hydrogen (secondary N) is 1. The van der Waals surface area contributed by atoms with Gasteiger partial charge in [0.05, 0.1) is 17.3 Å². The Labute approximate surface area is 124 Å². The Bertz CT molecular complexity index is 549. The lowest BCUT2D eigenvalue weighted by molar-refractivity contribution is 0.190. The molecule has 6 heteroatoms. The summed E-state index contributed by atoms with van der Waals surface area (Å²) >= 11 is 1.72. The van der Waals surface area contributed by atoms with Crippen molar-refractivity contribution in [2.75, 3.05) is 19.0 Å². The van der Waals surface area contributed by atoms with E-state index in [0.29, 0.717) is 6.61 Å². The molecule has 2 rings (SSSR count). The minimum absolute atomic E-state index is 0.239. The Balaban J connectivity index is 2.00. The van der Waals surface area contributed by atoms with E-state index in [-0.39, 0.29) is 6.04 Å². The number of methoxy groups -OCH3 is 1. The maximum Gasteiger partial charge on any atom is 0.203 e. The molecule has 0 bridgehead atoms. The summed E-state index contributed by atoms with van der Waals surface area (Å²) in [5.41, 5.74) is 2.12. The van der Waals surface area contributed by atoms with Gasteiger partial charge in [-0.3, -0.25) is 0 Å². The third-order valence-electron chi connectivity index (χ3n) is 2.92. The minimum atomic E-state index is 0.239. The number of nitrogens with zero attached hydrogens (tertiary/aromatic N) is 3. The van der Waals surface area contributed by atoms with Crippen molar-refractivity contribution in [1.82, 2.24) is 14.5 Å². The van der Waals surface area contributed by atoms with Crippen LogP contribution < -0.4 is 5.32 Å². The molecule has 0 amide bonds. The Morgan fingerprint density at radius 3 is 2.80 bits per heavy atom. The number of rotatable bonds is 7. The predicted octanol–water partition coefficient (Wildman–Crippen LogP) is 2.65. The number of aromatic nitrogens is 3. The van der Waals surface area contributed by atoms with Crippen molar-refractivity contribution < 1.29 is 4.74 Å². The van der Waals surface area contributed by atoms with Gasteiger partial charge in [0.2, 0.25) is 5.95 Å². The van der Waals surface area contributed by atoms with Crippen LogP contribution in [0.25, 0.3) is 0 Å². The molecule has 0 saturated carbocycles. The van der Waals surface area contributed by atoms with Gasteiger partial charge in [0, 0.05) is 43.4 Å². The molecule has 1 unspecified atom stereocenters. The fraction of sp³-hybridized carbons (Fsp3) is 0.571. The normalized spacial score (nSPS) is 12.6. The first-order valence-electron chi connectivity index (χ1n) is 6.78. The van der Waals surface area contributed by atoms with E-state index in [9.17, 15) is 0 Å². The zero-order valence-electron chi connectivity index (χ0n) is 12.5. The largest absolute Gasteiger partial charge is 0.383 e. The van der Waals surface area contributed by atoms with Crippen molar-refractivity contribution in [1.29, 1.82) is 0 Å². The van der Waals surface area contributed by atoms with Crippen molar-refractivity contribution >= 4 is 17.3 Å². The molecule has 0 aliphatic carbocycles. The summed E-state index contributed by atoms with van der Waals surface area (Å²) in [5, 5.41) is 6.65. The Kier molecular flexibility index (Phi) is 5.14. The van der Waals surface area contributed by atoms with Gasteiger partial charge in [-0.25, -0.2) is 9.97 Å². The predicted molar refractivity (Wildman–Crippen MR) is 82.5 cm³/mol. The highest BCUT2D eigenvalue weighted by molar-refractivity contribution is 7.09. The van der Waals surface area contributed by atoms with Gasteiger partial charge in [0.25, 0.3) is 0 Å². The standard InChI is InChI=1S/C14H22N4OS/c1-10-7-18(6-5-13-15-12(3)9-20-13)14(16-10)17-11(2)8-19-4/h7,9,11H,5-6,8H2,1-4H3,(H,16,17). The smallest absolute Gasteiger partial charge is 0.203 e. The Morgan fingerprint density at radius 2 is 2.15 bits per heavy atom. The minimum Gasteiger partial charge on any atom is -0.383 e. The maximum atomic E-state index is 5.15. The molecule has 0 radical (unpaired) electrons. The van der Waals surface area contributed by atoms with Crippen LogP contribution in [0.4, 0.5) is 5.95 Å². The van der Waals surface area contributed by atoms with Crippen LogP contribution in [0.15, 0.2) is 11.6 Å². The zero-order chi connectivity index (χ0) is 14.5. The highest BCUT2D eigenvalue weighted by Gasteiger charge is 2.09. The molecule has 0 aliphatic heterocycles. The molecular weight excluding hydrogens is 272 g/mol. The van der Waals surface area contributed by atoms with Crippen LogP contribution in [-0.4, -0.2) is 34.3 Å². The molecule has 0 spiro atoms. The topological polar surface area (TPSA) is 52.0 Å². The molecule has 2 aromatic heterocycles. The summed E-state index contributed by atoms with van der Waals surface area (Å²) in [6, 6.07) is 0.239. The van der Waals surface area contributed by atoms with E-state index in [0.717, 1.165) is 30.3 Å². The van der Waals surface area contributed by atoms with Crippen LogP contribution in [0.3, 0.4) is 0 Å². The highest BCUT2D eigenvalue weighted by Crippen LogP contribution is 2.14. The first-order chi connectivity index (χ1) is 9.58. The molecule has 110 valence electrons. The summed E-state index contributed by atoms with van der Waals surface area (Å²) in [6.45, 7) is 7.67. The van der Waals surface area contributed by atoms with E-state index in [1.54, 1.807) is 18.4 Å². The fourth-order valence-corrected chi connectivity index (χ4v) is 2.84. The van der Waals surface area contributed by atoms with E-state index < -0.39 is 0 Å². The SMILES string of the molecule is COCC(C)Nc1nc(C)cn1CCc1nc(C)cs1. The maximum absolute atomic E-state index is 5.15. The van der Waals surface area contributed by atoms with Crippen LogP contribution in [0.5, 0.6) is 0 Å². The van der Waals surface area contributed by atoms with Gasteiger partial charge in [-0.15, -0.1) is 11.3 Å². The molecule has 2 heterocycles. The number of hydrogen-bond acceptors (Lipinski definition) is 5. The fourth-order valence-electron chi connectivity index (χ4n) is 2.08. The molecule has 1 N–H and O–H groups in total. The van der Waals surface area contributed by atoms with Crippen molar-refractivity contribution in [3.05, 3.63) is 28.0 Å². The van der Waals surface area contributed by atoms with Crippen LogP contribution in [-0.2, 0) is 17.7 Å². The molecule has 2 aromatic rings. The van der Waals surface area contributed by atoms with Gasteiger partial charge in [0.1, 0.15) is 0 Å². The van der Waals surface area contributed by atoms with Crippen LogP contribution in [0.1, 0.15) is 23.3 Å². The number of anilines is 1. The number of hydrogen-bond donors (Lipinski definition) is 1. The van der Waals surface area contributed by atoms with Crippen molar-refractivity contribution in [3.8, 4) is 0 Å². The van der Waals surface area contributed by atoms with E-state index in [4.69, 9.17) is 4.74 Å². The van der Waals surface area contributed by atoms with Gasteiger partial charge >= 0.3 is 0 Å². The van der Waals surface area contributed by atoms with Crippen molar-refractivity contribution in [3.63, 3.8) is 0 Å². The van der Waals surface area contributed by atoms with Crippen molar-refractivity contribution in [2.24, 2.45) is 0 Å². The quantitative estimate of drug-likeness (QED) is 0.853. The molecule has 1 atom stereocenters. The van der Waals surface area contributed by atoms with Crippen molar-refractivity contribution in [2.45, 2.75) is 39.8 Å². The van der Waals surface area contributed by atoms with Gasteiger partial charge in [-0.1, -0.05) is 0 Å². The highest BCUT2D eigenvalue weighted by atomic mass is 32.1. The number of thiazole rings is 1. The first kappa shape index (κ1) is 15.0. The van der Waals surface area contributed by atoms with Gasteiger partial charge < -0.3 is 14.6 Å². The lowest BCUT2D eigenvalue weighted by Crippen LogP contribution is -2.23. The van der Waals surface area contributed by atoms with Gasteiger partial charge in [0.15, 0.2) is 0 Å². The number of imidazole rings is 1. The zero-order valence-corrected chi connectivity index (χ0v) is 13.3. The van der Waals surface area contributed by atoms with E-state index in [1.807, 2.05) is 13.8 Å². The monoisotopic (exact) mass is 294 g/mol. The molecule has 20 heavy (non-hydrogen) atoms. The van der Waals surface area contributed by atoms with E-state index >= 15 is 0 Å². The number of aryl methyl sites for hydroxylation is 4. The summed E-state index contributed by atoms with van der Waals surface area (Å²) < 4.78 is 7.30. The van der Waals surface area contributed by atoms with E-state index in [1.165, 1.54) is 5.01 Å². The third kappa shape index (κ3) is 4.05. The summed E-state index contributed by atoms with van der Waals surface area (Å²) in [6.07, 6.45) is 3.00. The second-order valence-electron chi connectivity index (χ2n) is 5.03. The average molecular weight is 294 g/mol. The lowest BCUT2D eigenvalue weighted by Gasteiger charge is -2.14. The second kappa shape index (κ2) is 6.85. The molecular formula is C14H22N4OS. The first-order valence-corrected chi connectivity index (χ1v) is 7.66. The Hall–Kier alpha value is -1.40. The van der Waals surface area contributed by atoms with Crippen LogP contribution in [0.2, 0.25) is 0 Å².